The molecule has 1 aromatic carbocycles. The molecule has 0 saturated carbocycles. The van der Waals surface area contributed by atoms with Crippen LogP contribution in [-0.2, 0) is 5.41 Å². The van der Waals surface area contributed by atoms with Crippen LogP contribution < -0.4 is 5.73 Å². The zero-order valence-corrected chi connectivity index (χ0v) is 12.5. The average Bonchev–Trinajstić information content (AvgIpc) is 2.43. The molecule has 0 bridgehead atoms. The number of benzene rings is 1. The van der Waals surface area contributed by atoms with Crippen molar-refractivity contribution in [2.75, 3.05) is 39.8 Å². The molecule has 19 heavy (non-hydrogen) atoms. The van der Waals surface area contributed by atoms with Gasteiger partial charge in [-0.3, -0.25) is 4.90 Å². The van der Waals surface area contributed by atoms with E-state index in [-0.39, 0.29) is 5.41 Å². The molecule has 0 spiro atoms. The molecule has 0 radical (unpaired) electrons. The Balaban J connectivity index is 2.10. The van der Waals surface area contributed by atoms with Crippen molar-refractivity contribution in [3.63, 3.8) is 0 Å². The molecule has 1 saturated heterocycles. The maximum Gasteiger partial charge on any atom is 0.0195 e. The van der Waals surface area contributed by atoms with Gasteiger partial charge in [0.1, 0.15) is 0 Å². The molecular formula is C16H27N3. The van der Waals surface area contributed by atoms with E-state index in [1.54, 1.807) is 0 Å². The first kappa shape index (κ1) is 14.5. The lowest BCUT2D eigenvalue weighted by atomic mass is 9.81. The highest BCUT2D eigenvalue weighted by Gasteiger charge is 2.31. The molecule has 0 aromatic heterocycles. The first-order valence-electron chi connectivity index (χ1n) is 7.23. The third kappa shape index (κ3) is 3.35. The fourth-order valence-corrected chi connectivity index (χ4v) is 2.97. The second-order valence-electron chi connectivity index (χ2n) is 6.21. The Labute approximate surface area is 117 Å². The van der Waals surface area contributed by atoms with Crippen molar-refractivity contribution in [3.8, 4) is 0 Å². The minimum absolute atomic E-state index is 0.0471. The Kier molecular flexibility index (Phi) is 4.61. The van der Waals surface area contributed by atoms with Crippen LogP contribution in [0.15, 0.2) is 30.3 Å². The standard InChI is InChI=1S/C16H27N3/c1-14-11-18(3)9-10-19(14)13-16(2,12-17)15-7-5-4-6-8-15/h4-8,14H,9-13,17H2,1-3H3. The molecule has 3 heteroatoms. The largest absolute Gasteiger partial charge is 0.330 e. The molecule has 0 aliphatic carbocycles. The summed E-state index contributed by atoms with van der Waals surface area (Å²) >= 11 is 0. The van der Waals surface area contributed by atoms with Gasteiger partial charge in [-0.15, -0.1) is 0 Å². The maximum absolute atomic E-state index is 6.09. The quantitative estimate of drug-likeness (QED) is 0.892. The van der Waals surface area contributed by atoms with Crippen LogP contribution in [0.5, 0.6) is 0 Å². The Morgan fingerprint density at radius 1 is 1.26 bits per heavy atom. The van der Waals surface area contributed by atoms with Crippen LogP contribution in [0.1, 0.15) is 19.4 Å². The number of hydrogen-bond acceptors (Lipinski definition) is 3. The Bertz CT molecular complexity index is 392. The summed E-state index contributed by atoms with van der Waals surface area (Å²) in [7, 11) is 2.20. The minimum Gasteiger partial charge on any atom is -0.330 e. The monoisotopic (exact) mass is 261 g/mol. The van der Waals surface area contributed by atoms with Gasteiger partial charge in [0.05, 0.1) is 0 Å². The van der Waals surface area contributed by atoms with Crippen LogP contribution in [0, 0.1) is 0 Å². The summed E-state index contributed by atoms with van der Waals surface area (Å²) in [6.07, 6.45) is 0. The summed E-state index contributed by atoms with van der Waals surface area (Å²) in [6, 6.07) is 11.3. The molecule has 0 amide bonds. The predicted octanol–water partition coefficient (Wildman–Crippen LogP) is 1.54. The van der Waals surface area contributed by atoms with Crippen LogP contribution in [0.3, 0.4) is 0 Å². The van der Waals surface area contributed by atoms with E-state index >= 15 is 0 Å². The van der Waals surface area contributed by atoms with E-state index in [1.807, 2.05) is 0 Å². The zero-order valence-electron chi connectivity index (χ0n) is 12.5. The summed E-state index contributed by atoms with van der Waals surface area (Å²) in [6.45, 7) is 9.78. The number of likely N-dealkylation sites (N-methyl/N-ethyl adjacent to an activating group) is 1. The molecule has 2 atom stereocenters. The predicted molar refractivity (Wildman–Crippen MR) is 81.4 cm³/mol. The normalized spacial score (nSPS) is 25.2. The summed E-state index contributed by atoms with van der Waals surface area (Å²) in [4.78, 5) is 4.99. The van der Waals surface area contributed by atoms with Crippen molar-refractivity contribution < 1.29 is 0 Å². The molecule has 2 unspecified atom stereocenters. The van der Waals surface area contributed by atoms with Crippen molar-refractivity contribution in [2.24, 2.45) is 5.73 Å². The number of hydrogen-bond donors (Lipinski definition) is 1. The van der Waals surface area contributed by atoms with E-state index in [0.717, 1.165) is 26.2 Å². The van der Waals surface area contributed by atoms with Gasteiger partial charge in [-0.2, -0.15) is 0 Å². The van der Waals surface area contributed by atoms with Gasteiger partial charge in [0.25, 0.3) is 0 Å². The van der Waals surface area contributed by atoms with Crippen LogP contribution in [0.4, 0.5) is 0 Å². The second kappa shape index (κ2) is 6.04. The average molecular weight is 261 g/mol. The summed E-state index contributed by atoms with van der Waals surface area (Å²) in [5, 5.41) is 0. The highest BCUT2D eigenvalue weighted by atomic mass is 15.3. The van der Waals surface area contributed by atoms with Gasteiger partial charge in [0.15, 0.2) is 0 Å². The van der Waals surface area contributed by atoms with Crippen LogP contribution in [0.25, 0.3) is 0 Å². The summed E-state index contributed by atoms with van der Waals surface area (Å²) in [5.74, 6) is 0. The van der Waals surface area contributed by atoms with E-state index in [2.05, 4.69) is 61.0 Å². The minimum atomic E-state index is 0.0471. The molecule has 2 rings (SSSR count). The topological polar surface area (TPSA) is 32.5 Å². The van der Waals surface area contributed by atoms with Gasteiger partial charge in [0.2, 0.25) is 0 Å². The van der Waals surface area contributed by atoms with E-state index in [0.29, 0.717) is 12.6 Å². The van der Waals surface area contributed by atoms with Gasteiger partial charge >= 0.3 is 0 Å². The zero-order chi connectivity index (χ0) is 13.9. The second-order valence-corrected chi connectivity index (χ2v) is 6.21. The molecule has 106 valence electrons. The molecule has 1 aliphatic rings. The van der Waals surface area contributed by atoms with Crippen molar-refractivity contribution in [1.82, 2.24) is 9.80 Å². The van der Waals surface area contributed by atoms with Gasteiger partial charge in [-0.1, -0.05) is 37.3 Å². The van der Waals surface area contributed by atoms with E-state index < -0.39 is 0 Å². The lowest BCUT2D eigenvalue weighted by molar-refractivity contribution is 0.0807. The first-order valence-corrected chi connectivity index (χ1v) is 7.23. The number of rotatable bonds is 4. The molecule has 2 N–H and O–H groups in total. The highest BCUT2D eigenvalue weighted by molar-refractivity contribution is 5.25. The summed E-state index contributed by atoms with van der Waals surface area (Å²) < 4.78 is 0. The van der Waals surface area contributed by atoms with E-state index in [1.165, 1.54) is 5.56 Å². The number of piperazine rings is 1. The molecule has 1 fully saturated rings. The third-order valence-electron chi connectivity index (χ3n) is 4.44. The molecule has 1 heterocycles. The molecule has 3 nitrogen and oxygen atoms in total. The smallest absolute Gasteiger partial charge is 0.0195 e. The summed E-state index contributed by atoms with van der Waals surface area (Å²) in [5.41, 5.74) is 7.49. The Hall–Kier alpha value is -0.900. The number of nitrogens with two attached hydrogens (primary N) is 1. The fourth-order valence-electron chi connectivity index (χ4n) is 2.97. The third-order valence-corrected chi connectivity index (χ3v) is 4.44. The van der Waals surface area contributed by atoms with Gasteiger partial charge in [0, 0.05) is 44.2 Å². The molecule has 1 aromatic rings. The van der Waals surface area contributed by atoms with Gasteiger partial charge in [-0.25, -0.2) is 0 Å². The Morgan fingerprint density at radius 3 is 2.53 bits per heavy atom. The van der Waals surface area contributed by atoms with Gasteiger partial charge < -0.3 is 10.6 Å². The van der Waals surface area contributed by atoms with Crippen molar-refractivity contribution in [1.29, 1.82) is 0 Å². The lowest BCUT2D eigenvalue weighted by Gasteiger charge is -2.43. The van der Waals surface area contributed by atoms with Crippen LogP contribution in [0.2, 0.25) is 0 Å². The highest BCUT2D eigenvalue weighted by Crippen LogP contribution is 2.25. The van der Waals surface area contributed by atoms with Crippen molar-refractivity contribution in [2.45, 2.75) is 25.3 Å². The number of nitrogens with zero attached hydrogens (tertiary/aromatic N) is 2. The Morgan fingerprint density at radius 2 is 1.95 bits per heavy atom. The van der Waals surface area contributed by atoms with Crippen LogP contribution >= 0.6 is 0 Å². The van der Waals surface area contributed by atoms with Gasteiger partial charge in [-0.05, 0) is 19.5 Å². The lowest BCUT2D eigenvalue weighted by Crippen LogP contribution is -2.55. The molecule has 1 aliphatic heterocycles. The van der Waals surface area contributed by atoms with E-state index in [9.17, 15) is 0 Å². The van der Waals surface area contributed by atoms with Crippen molar-refractivity contribution in [3.05, 3.63) is 35.9 Å². The fraction of sp³-hybridized carbons (Fsp3) is 0.625. The van der Waals surface area contributed by atoms with E-state index in [4.69, 9.17) is 5.73 Å². The molecular weight excluding hydrogens is 234 g/mol. The SMILES string of the molecule is CC1CN(C)CCN1CC(C)(CN)c1ccccc1. The maximum atomic E-state index is 6.09. The first-order chi connectivity index (χ1) is 9.05. The van der Waals surface area contributed by atoms with Crippen LogP contribution in [-0.4, -0.2) is 55.6 Å². The van der Waals surface area contributed by atoms with Crippen molar-refractivity contribution >= 4 is 0 Å².